The number of halogens is 1. The van der Waals surface area contributed by atoms with E-state index in [2.05, 4.69) is 31.8 Å². The molecule has 1 fully saturated rings. The van der Waals surface area contributed by atoms with Crippen LogP contribution in [-0.4, -0.2) is 43.9 Å². The molecule has 3 rings (SSSR count). The van der Waals surface area contributed by atoms with Crippen LogP contribution in [-0.2, 0) is 21.4 Å². The highest BCUT2D eigenvalue weighted by molar-refractivity contribution is 7.87. The third-order valence-corrected chi connectivity index (χ3v) is 5.43. The number of carbonyl (C=O) groups is 1. The number of rotatable bonds is 5. The van der Waals surface area contributed by atoms with E-state index in [0.29, 0.717) is 18.8 Å². The average molecular weight is 391 g/mol. The lowest BCUT2D eigenvalue weighted by Crippen LogP contribution is -2.41. The van der Waals surface area contributed by atoms with E-state index in [1.54, 1.807) is 0 Å². The van der Waals surface area contributed by atoms with Crippen molar-refractivity contribution in [2.75, 3.05) is 29.9 Å². The molecule has 0 bridgehead atoms. The SMILES string of the molecule is CC1(CCNS(N)(=O)=O)CCN(c2ncnc3c2CC(=O)N3)CC1.Cl. The first kappa shape index (κ1) is 19.8. The fraction of sp³-hybridized carbons (Fsp3) is 0.643. The number of nitrogens with zero attached hydrogens (tertiary/aromatic N) is 3. The lowest BCUT2D eigenvalue weighted by Gasteiger charge is -2.40. The van der Waals surface area contributed by atoms with Crippen molar-refractivity contribution in [3.05, 3.63) is 11.9 Å². The smallest absolute Gasteiger partial charge is 0.274 e. The van der Waals surface area contributed by atoms with Crippen LogP contribution < -0.4 is 20.1 Å². The maximum Gasteiger partial charge on any atom is 0.274 e. The zero-order valence-electron chi connectivity index (χ0n) is 14.0. The van der Waals surface area contributed by atoms with Gasteiger partial charge in [-0.3, -0.25) is 4.79 Å². The van der Waals surface area contributed by atoms with Gasteiger partial charge in [0, 0.05) is 25.2 Å². The number of piperidine rings is 1. The van der Waals surface area contributed by atoms with Crippen LogP contribution in [0.2, 0.25) is 0 Å². The van der Waals surface area contributed by atoms with Crippen LogP contribution in [0, 0.1) is 5.41 Å². The minimum absolute atomic E-state index is 0. The Balaban J connectivity index is 0.00000225. The van der Waals surface area contributed by atoms with Crippen LogP contribution in [0.5, 0.6) is 0 Å². The molecule has 2 aliphatic heterocycles. The van der Waals surface area contributed by atoms with Crippen LogP contribution in [0.25, 0.3) is 0 Å². The topological polar surface area (TPSA) is 130 Å². The second-order valence-corrected chi connectivity index (χ2v) is 8.12. The monoisotopic (exact) mass is 390 g/mol. The summed E-state index contributed by atoms with van der Waals surface area (Å²) in [5.74, 6) is 1.38. The highest BCUT2D eigenvalue weighted by Gasteiger charge is 2.33. The highest BCUT2D eigenvalue weighted by Crippen LogP contribution is 2.37. The average Bonchev–Trinajstić information content (AvgIpc) is 2.87. The largest absolute Gasteiger partial charge is 0.356 e. The van der Waals surface area contributed by atoms with Gasteiger partial charge < -0.3 is 10.2 Å². The van der Waals surface area contributed by atoms with Gasteiger partial charge in [-0.15, -0.1) is 12.4 Å². The summed E-state index contributed by atoms with van der Waals surface area (Å²) in [5, 5.41) is 7.70. The molecule has 1 aromatic rings. The number of fused-ring (bicyclic) bond motifs is 1. The van der Waals surface area contributed by atoms with Crippen molar-refractivity contribution >= 4 is 40.2 Å². The molecule has 1 aromatic heterocycles. The number of anilines is 2. The maximum atomic E-state index is 11.6. The van der Waals surface area contributed by atoms with Crippen molar-refractivity contribution in [3.8, 4) is 0 Å². The van der Waals surface area contributed by atoms with E-state index in [9.17, 15) is 13.2 Å². The molecule has 0 saturated carbocycles. The minimum atomic E-state index is -3.63. The summed E-state index contributed by atoms with van der Waals surface area (Å²) in [6.07, 6.45) is 4.36. The molecule has 0 aromatic carbocycles. The summed E-state index contributed by atoms with van der Waals surface area (Å²) in [5.41, 5.74) is 0.917. The van der Waals surface area contributed by atoms with Crippen molar-refractivity contribution in [3.63, 3.8) is 0 Å². The Morgan fingerprint density at radius 3 is 2.68 bits per heavy atom. The molecule has 0 radical (unpaired) electrons. The second kappa shape index (κ2) is 7.40. The van der Waals surface area contributed by atoms with E-state index in [4.69, 9.17) is 5.14 Å². The molecule has 0 aliphatic carbocycles. The van der Waals surface area contributed by atoms with E-state index < -0.39 is 10.2 Å². The number of nitrogens with two attached hydrogens (primary N) is 1. The van der Waals surface area contributed by atoms with E-state index in [0.717, 1.165) is 43.7 Å². The molecule has 2 aliphatic rings. The van der Waals surface area contributed by atoms with E-state index in [1.807, 2.05) is 0 Å². The molecule has 3 heterocycles. The van der Waals surface area contributed by atoms with Gasteiger partial charge in [0.1, 0.15) is 18.0 Å². The van der Waals surface area contributed by atoms with Crippen molar-refractivity contribution in [1.82, 2.24) is 14.7 Å². The third-order valence-electron chi connectivity index (χ3n) is 4.82. The van der Waals surface area contributed by atoms with Gasteiger partial charge in [-0.05, 0) is 24.7 Å². The lowest BCUT2D eigenvalue weighted by molar-refractivity contribution is -0.115. The number of nitrogens with one attached hydrogen (secondary N) is 2. The van der Waals surface area contributed by atoms with Crippen molar-refractivity contribution < 1.29 is 13.2 Å². The first-order valence-electron chi connectivity index (χ1n) is 7.92. The number of aromatic nitrogens is 2. The molecule has 9 nitrogen and oxygen atoms in total. The van der Waals surface area contributed by atoms with Crippen LogP contribution in [0.4, 0.5) is 11.6 Å². The van der Waals surface area contributed by atoms with Gasteiger partial charge in [-0.2, -0.15) is 8.42 Å². The standard InChI is InChI=1S/C14H22N6O3S.ClH/c1-14(2-5-18-24(15,22)23)3-6-20(7-4-14)13-10-8-11(21)19-12(10)16-9-17-13;/h9,18H,2-8H2,1H3,(H2,15,22,23)(H,16,17,19,21);1H. The number of carbonyl (C=O) groups excluding carboxylic acids is 1. The lowest BCUT2D eigenvalue weighted by atomic mass is 9.77. The maximum absolute atomic E-state index is 11.6. The van der Waals surface area contributed by atoms with Gasteiger partial charge in [0.15, 0.2) is 0 Å². The molecule has 0 atom stereocenters. The van der Waals surface area contributed by atoms with E-state index >= 15 is 0 Å². The minimum Gasteiger partial charge on any atom is -0.356 e. The normalized spacial score (nSPS) is 19.1. The van der Waals surface area contributed by atoms with Crippen molar-refractivity contribution in [2.24, 2.45) is 10.6 Å². The van der Waals surface area contributed by atoms with E-state index in [-0.39, 0.29) is 23.7 Å². The Labute approximate surface area is 153 Å². The predicted molar refractivity (Wildman–Crippen MR) is 96.9 cm³/mol. The zero-order chi connectivity index (χ0) is 17.4. The zero-order valence-corrected chi connectivity index (χ0v) is 15.6. The number of amides is 1. The summed E-state index contributed by atoms with van der Waals surface area (Å²) >= 11 is 0. The van der Waals surface area contributed by atoms with Gasteiger partial charge in [0.05, 0.1) is 6.42 Å². The van der Waals surface area contributed by atoms with Gasteiger partial charge >= 0.3 is 0 Å². The molecule has 25 heavy (non-hydrogen) atoms. The summed E-state index contributed by atoms with van der Waals surface area (Å²) < 4.78 is 24.3. The van der Waals surface area contributed by atoms with Crippen LogP contribution in [0.15, 0.2) is 6.33 Å². The van der Waals surface area contributed by atoms with E-state index in [1.165, 1.54) is 6.33 Å². The second-order valence-electron chi connectivity index (χ2n) is 6.74. The van der Waals surface area contributed by atoms with Gasteiger partial charge in [0.25, 0.3) is 10.2 Å². The fourth-order valence-corrected chi connectivity index (χ4v) is 3.67. The summed E-state index contributed by atoms with van der Waals surface area (Å²) in [7, 11) is -3.63. The Hall–Kier alpha value is -1.49. The van der Waals surface area contributed by atoms with Crippen LogP contribution >= 0.6 is 12.4 Å². The van der Waals surface area contributed by atoms with Crippen molar-refractivity contribution in [2.45, 2.75) is 32.6 Å². The Kier molecular flexibility index (Phi) is 5.87. The molecule has 4 N–H and O–H groups in total. The Bertz CT molecular complexity index is 749. The van der Waals surface area contributed by atoms with Gasteiger partial charge in [-0.25, -0.2) is 19.8 Å². The van der Waals surface area contributed by atoms with Crippen molar-refractivity contribution in [1.29, 1.82) is 0 Å². The molecule has 0 spiro atoms. The number of hydrogen-bond acceptors (Lipinski definition) is 6. The molecular formula is C14H23ClN6O3S. The predicted octanol–water partition coefficient (Wildman–Crippen LogP) is 0.183. The summed E-state index contributed by atoms with van der Waals surface area (Å²) in [6.45, 7) is 4.12. The Morgan fingerprint density at radius 1 is 1.36 bits per heavy atom. The van der Waals surface area contributed by atoms with Gasteiger partial charge in [-0.1, -0.05) is 6.92 Å². The molecule has 1 amide bonds. The highest BCUT2D eigenvalue weighted by atomic mass is 35.5. The van der Waals surface area contributed by atoms with Crippen LogP contribution in [0.1, 0.15) is 31.7 Å². The molecule has 0 unspecified atom stereocenters. The summed E-state index contributed by atoms with van der Waals surface area (Å²) in [6, 6.07) is 0. The fourth-order valence-electron chi connectivity index (χ4n) is 3.29. The third kappa shape index (κ3) is 4.78. The molecular weight excluding hydrogens is 368 g/mol. The number of hydrogen-bond donors (Lipinski definition) is 3. The quantitative estimate of drug-likeness (QED) is 0.657. The summed E-state index contributed by atoms with van der Waals surface area (Å²) in [4.78, 5) is 22.2. The van der Waals surface area contributed by atoms with Gasteiger partial charge in [0.2, 0.25) is 5.91 Å². The molecule has 11 heteroatoms. The molecule has 1 saturated heterocycles. The first-order valence-corrected chi connectivity index (χ1v) is 9.46. The molecule has 140 valence electrons. The van der Waals surface area contributed by atoms with Crippen LogP contribution in [0.3, 0.4) is 0 Å². The Morgan fingerprint density at radius 2 is 2.04 bits per heavy atom. The first-order chi connectivity index (χ1) is 11.3.